The molecule has 4 rings (SSSR count). The van der Waals surface area contributed by atoms with Crippen molar-refractivity contribution in [2.45, 2.75) is 58.0 Å². The number of carbonyl (C=O) groups is 1. The van der Waals surface area contributed by atoms with Gasteiger partial charge in [0.15, 0.2) is 0 Å². The number of hydrogen-bond acceptors (Lipinski definition) is 4. The van der Waals surface area contributed by atoms with Crippen molar-refractivity contribution in [2.75, 3.05) is 0 Å². The first-order chi connectivity index (χ1) is 14.1. The molecule has 7 nitrogen and oxygen atoms in total. The summed E-state index contributed by atoms with van der Waals surface area (Å²) in [4.78, 5) is 12.8. The molecule has 2 aromatic heterocycles. The van der Waals surface area contributed by atoms with Crippen molar-refractivity contribution in [3.8, 4) is 0 Å². The van der Waals surface area contributed by atoms with E-state index in [2.05, 4.69) is 44.2 Å². The first-order valence-corrected chi connectivity index (χ1v) is 10.4. The molecule has 1 aromatic carbocycles. The Morgan fingerprint density at radius 1 is 1.21 bits per heavy atom. The van der Waals surface area contributed by atoms with Gasteiger partial charge < -0.3 is 9.88 Å². The second-order valence-electron chi connectivity index (χ2n) is 7.74. The van der Waals surface area contributed by atoms with Crippen molar-refractivity contribution >= 4 is 5.91 Å². The van der Waals surface area contributed by atoms with Gasteiger partial charge in [0.05, 0.1) is 5.69 Å². The molecule has 0 fully saturated rings. The number of amides is 1. The minimum Gasteiger partial charge on any atom is -0.348 e. The summed E-state index contributed by atoms with van der Waals surface area (Å²) in [5, 5.41) is 16.5. The van der Waals surface area contributed by atoms with Gasteiger partial charge in [0.25, 0.3) is 5.91 Å². The molecular weight excluding hydrogens is 364 g/mol. The summed E-state index contributed by atoms with van der Waals surface area (Å²) in [5.74, 6) is 1.96. The van der Waals surface area contributed by atoms with Gasteiger partial charge in [0.2, 0.25) is 0 Å². The van der Waals surface area contributed by atoms with Gasteiger partial charge in [-0.1, -0.05) is 43.7 Å². The van der Waals surface area contributed by atoms with E-state index >= 15 is 0 Å². The van der Waals surface area contributed by atoms with Gasteiger partial charge in [0.1, 0.15) is 17.3 Å². The van der Waals surface area contributed by atoms with Gasteiger partial charge in [-0.25, -0.2) is 0 Å². The van der Waals surface area contributed by atoms with Crippen molar-refractivity contribution in [3.05, 3.63) is 65.0 Å². The Morgan fingerprint density at radius 3 is 2.83 bits per heavy atom. The van der Waals surface area contributed by atoms with Crippen molar-refractivity contribution in [2.24, 2.45) is 7.05 Å². The Bertz CT molecular complexity index is 975. The summed E-state index contributed by atoms with van der Waals surface area (Å²) in [5.41, 5.74) is 2.83. The molecule has 3 aromatic rings. The lowest BCUT2D eigenvalue weighted by Gasteiger charge is -2.16. The van der Waals surface area contributed by atoms with Gasteiger partial charge in [-0.3, -0.25) is 9.48 Å². The minimum absolute atomic E-state index is 0.0467. The Kier molecular flexibility index (Phi) is 5.74. The fraction of sp³-hybridized carbons (Fsp3) is 0.455. The lowest BCUT2D eigenvalue weighted by atomic mass is 10.1. The molecule has 7 heteroatoms. The first-order valence-electron chi connectivity index (χ1n) is 10.4. The third kappa shape index (κ3) is 4.39. The van der Waals surface area contributed by atoms with Crippen LogP contribution in [0.25, 0.3) is 0 Å². The van der Waals surface area contributed by atoms with Crippen molar-refractivity contribution < 1.29 is 4.79 Å². The number of rotatable bonds is 6. The highest BCUT2D eigenvalue weighted by Gasteiger charge is 2.23. The standard InChI is InChI=1S/C22H28N6O/c1-3-7-18-15-19(27(2)26-18)22(29)23-17-10-11-20-24-25-21(28(20)13-12-17)14-16-8-5-4-6-9-16/h4-6,8-9,15,17H,3,7,10-14H2,1-2H3,(H,23,29). The van der Waals surface area contributed by atoms with Crippen LogP contribution in [-0.4, -0.2) is 36.5 Å². The molecule has 0 bridgehead atoms. The molecular formula is C22H28N6O. The smallest absolute Gasteiger partial charge is 0.269 e. The molecule has 1 N–H and O–H groups in total. The van der Waals surface area contributed by atoms with E-state index in [-0.39, 0.29) is 11.9 Å². The zero-order valence-corrected chi connectivity index (χ0v) is 17.1. The molecule has 1 amide bonds. The van der Waals surface area contributed by atoms with E-state index in [9.17, 15) is 4.79 Å². The highest BCUT2D eigenvalue weighted by molar-refractivity contribution is 5.92. The number of aromatic nitrogens is 5. The van der Waals surface area contributed by atoms with Gasteiger partial charge in [-0.15, -0.1) is 10.2 Å². The number of aryl methyl sites for hydroxylation is 3. The topological polar surface area (TPSA) is 77.6 Å². The first kappa shape index (κ1) is 19.4. The number of benzene rings is 1. The molecule has 0 aliphatic carbocycles. The maximum absolute atomic E-state index is 12.8. The number of fused-ring (bicyclic) bond motifs is 1. The summed E-state index contributed by atoms with van der Waals surface area (Å²) < 4.78 is 3.91. The summed E-state index contributed by atoms with van der Waals surface area (Å²) in [6, 6.07) is 12.4. The van der Waals surface area contributed by atoms with E-state index in [1.54, 1.807) is 4.68 Å². The Morgan fingerprint density at radius 2 is 2.03 bits per heavy atom. The molecule has 1 aliphatic rings. The second-order valence-corrected chi connectivity index (χ2v) is 7.74. The number of hydrogen-bond donors (Lipinski definition) is 1. The van der Waals surface area contributed by atoms with Gasteiger partial charge in [-0.2, -0.15) is 5.10 Å². The van der Waals surface area contributed by atoms with Crippen LogP contribution in [0.4, 0.5) is 0 Å². The molecule has 1 aliphatic heterocycles. The number of nitrogens with zero attached hydrogens (tertiary/aromatic N) is 5. The Labute approximate surface area is 171 Å². The van der Waals surface area contributed by atoms with Crippen LogP contribution in [0, 0.1) is 0 Å². The third-order valence-electron chi connectivity index (χ3n) is 5.53. The van der Waals surface area contributed by atoms with Crippen LogP contribution in [0.5, 0.6) is 0 Å². The highest BCUT2D eigenvalue weighted by Crippen LogP contribution is 2.18. The average Bonchev–Trinajstić information content (AvgIpc) is 3.21. The number of carbonyl (C=O) groups excluding carboxylic acids is 1. The molecule has 0 spiro atoms. The fourth-order valence-corrected chi connectivity index (χ4v) is 3.98. The number of nitrogens with one attached hydrogen (secondary N) is 1. The molecule has 0 radical (unpaired) electrons. The quantitative estimate of drug-likeness (QED) is 0.700. The van der Waals surface area contributed by atoms with Crippen LogP contribution < -0.4 is 5.32 Å². The molecule has 29 heavy (non-hydrogen) atoms. The van der Waals surface area contributed by atoms with E-state index in [1.807, 2.05) is 31.3 Å². The average molecular weight is 393 g/mol. The predicted octanol–water partition coefficient (Wildman–Crippen LogP) is 2.69. The maximum Gasteiger partial charge on any atom is 0.269 e. The van der Waals surface area contributed by atoms with Crippen molar-refractivity contribution in [3.63, 3.8) is 0 Å². The van der Waals surface area contributed by atoms with Gasteiger partial charge in [0, 0.05) is 32.5 Å². The van der Waals surface area contributed by atoms with Crippen LogP contribution >= 0.6 is 0 Å². The fourth-order valence-electron chi connectivity index (χ4n) is 3.98. The molecule has 3 heterocycles. The lowest BCUT2D eigenvalue weighted by molar-refractivity contribution is 0.0923. The molecule has 1 atom stereocenters. The van der Waals surface area contributed by atoms with E-state index < -0.39 is 0 Å². The normalized spacial score (nSPS) is 16.3. The Balaban J connectivity index is 1.40. The van der Waals surface area contributed by atoms with Crippen LogP contribution in [0.1, 0.15) is 59.6 Å². The van der Waals surface area contributed by atoms with Crippen LogP contribution in [0.2, 0.25) is 0 Å². The lowest BCUT2D eigenvalue weighted by Crippen LogP contribution is -2.36. The highest BCUT2D eigenvalue weighted by atomic mass is 16.2. The molecule has 152 valence electrons. The molecule has 0 saturated heterocycles. The molecule has 0 saturated carbocycles. The van der Waals surface area contributed by atoms with E-state index in [4.69, 9.17) is 0 Å². The van der Waals surface area contributed by atoms with Crippen LogP contribution in [0.15, 0.2) is 36.4 Å². The van der Waals surface area contributed by atoms with Gasteiger partial charge in [-0.05, 0) is 30.9 Å². The second kappa shape index (κ2) is 8.59. The SMILES string of the molecule is CCCc1cc(C(=O)NC2CCc3nnc(Cc4ccccc4)n3CC2)n(C)n1. The van der Waals surface area contributed by atoms with E-state index in [0.717, 1.165) is 62.4 Å². The molecule has 1 unspecified atom stereocenters. The Hall–Kier alpha value is -2.96. The monoisotopic (exact) mass is 392 g/mol. The minimum atomic E-state index is -0.0467. The predicted molar refractivity (Wildman–Crippen MR) is 111 cm³/mol. The summed E-state index contributed by atoms with van der Waals surface area (Å²) in [7, 11) is 1.83. The largest absolute Gasteiger partial charge is 0.348 e. The van der Waals surface area contributed by atoms with E-state index in [0.29, 0.717) is 5.69 Å². The van der Waals surface area contributed by atoms with Crippen LogP contribution in [-0.2, 0) is 32.9 Å². The van der Waals surface area contributed by atoms with Crippen LogP contribution in [0.3, 0.4) is 0 Å². The van der Waals surface area contributed by atoms with Crippen molar-refractivity contribution in [1.82, 2.24) is 29.9 Å². The summed E-state index contributed by atoms with van der Waals surface area (Å²) in [6.45, 7) is 2.94. The van der Waals surface area contributed by atoms with Crippen molar-refractivity contribution in [1.29, 1.82) is 0 Å². The third-order valence-corrected chi connectivity index (χ3v) is 5.53. The van der Waals surface area contributed by atoms with E-state index in [1.165, 1.54) is 5.56 Å². The zero-order valence-electron chi connectivity index (χ0n) is 17.1. The maximum atomic E-state index is 12.8. The van der Waals surface area contributed by atoms with Gasteiger partial charge >= 0.3 is 0 Å². The zero-order chi connectivity index (χ0) is 20.2. The summed E-state index contributed by atoms with van der Waals surface area (Å²) >= 11 is 0. The summed E-state index contributed by atoms with van der Waals surface area (Å²) in [6.07, 6.45) is 5.25.